The number of halogens is 4. The summed E-state index contributed by atoms with van der Waals surface area (Å²) in [6.07, 6.45) is 0.352. The number of ether oxygens (including phenoxy) is 2. The first-order valence-electron chi connectivity index (χ1n) is 6.74. The van der Waals surface area contributed by atoms with Crippen LogP contribution in [0.1, 0.15) is 5.56 Å². The van der Waals surface area contributed by atoms with Crippen molar-refractivity contribution in [3.63, 3.8) is 0 Å². The van der Waals surface area contributed by atoms with Gasteiger partial charge >= 0.3 is 6.36 Å². The molecule has 0 saturated carbocycles. The van der Waals surface area contributed by atoms with Gasteiger partial charge in [-0.1, -0.05) is 0 Å². The Labute approximate surface area is 148 Å². The number of nitrogens with zero attached hydrogens (tertiary/aromatic N) is 3. The molecule has 0 bridgehead atoms. The second-order valence-corrected chi connectivity index (χ2v) is 5.99. The molecule has 24 heavy (non-hydrogen) atoms. The van der Waals surface area contributed by atoms with Crippen LogP contribution in [0.25, 0.3) is 16.9 Å². The van der Waals surface area contributed by atoms with E-state index >= 15 is 0 Å². The standard InChI is InChI=1S/C15H11F3IN3O2/c1-23-8-9-4-10(24-15(16,17)18)2-3-11(9)12-7-22-13(19)5-21-14(22)6-20-12/h2-7H,8H2,1H3. The van der Waals surface area contributed by atoms with Gasteiger partial charge in [-0.3, -0.25) is 9.38 Å². The van der Waals surface area contributed by atoms with Crippen LogP contribution in [0.2, 0.25) is 0 Å². The maximum Gasteiger partial charge on any atom is 0.573 e. The van der Waals surface area contributed by atoms with Crippen LogP contribution in [-0.2, 0) is 11.3 Å². The number of fused-ring (bicyclic) bond motifs is 1. The van der Waals surface area contributed by atoms with Gasteiger partial charge in [-0.25, -0.2) is 4.98 Å². The Morgan fingerprint density at radius 2 is 2.00 bits per heavy atom. The zero-order valence-electron chi connectivity index (χ0n) is 12.3. The van der Waals surface area contributed by atoms with Crippen molar-refractivity contribution in [2.24, 2.45) is 0 Å². The van der Waals surface area contributed by atoms with E-state index in [0.717, 1.165) is 3.70 Å². The van der Waals surface area contributed by atoms with E-state index in [-0.39, 0.29) is 12.4 Å². The molecule has 0 saturated heterocycles. The van der Waals surface area contributed by atoms with Crippen molar-refractivity contribution in [2.75, 3.05) is 7.11 Å². The van der Waals surface area contributed by atoms with Gasteiger partial charge in [0.25, 0.3) is 0 Å². The number of hydrogen-bond acceptors (Lipinski definition) is 4. The normalized spacial score (nSPS) is 11.9. The number of benzene rings is 1. The third-order valence-corrected chi connectivity index (χ3v) is 4.04. The molecule has 3 aromatic rings. The van der Waals surface area contributed by atoms with Gasteiger partial charge in [0.1, 0.15) is 9.45 Å². The van der Waals surface area contributed by atoms with Crippen LogP contribution >= 0.6 is 22.6 Å². The molecular weight excluding hydrogens is 438 g/mol. The highest BCUT2D eigenvalue weighted by Crippen LogP contribution is 2.30. The van der Waals surface area contributed by atoms with Crippen LogP contribution in [0.4, 0.5) is 13.2 Å². The van der Waals surface area contributed by atoms with Crippen molar-refractivity contribution < 1.29 is 22.6 Å². The SMILES string of the molecule is COCc1cc(OC(F)(F)F)ccc1-c1cn2c(I)cnc2cn1. The summed E-state index contributed by atoms with van der Waals surface area (Å²) in [7, 11) is 1.47. The zero-order valence-corrected chi connectivity index (χ0v) is 14.5. The summed E-state index contributed by atoms with van der Waals surface area (Å²) in [5.74, 6) is -0.295. The molecule has 0 aliphatic rings. The van der Waals surface area contributed by atoms with Crippen LogP contribution < -0.4 is 4.74 Å². The average molecular weight is 449 g/mol. The second kappa shape index (κ2) is 6.55. The molecule has 2 aromatic heterocycles. The minimum absolute atomic E-state index is 0.130. The van der Waals surface area contributed by atoms with Gasteiger partial charge in [0.2, 0.25) is 0 Å². The molecule has 3 rings (SSSR count). The summed E-state index contributed by atoms with van der Waals surface area (Å²) < 4.78 is 49.0. The number of alkyl halides is 3. The first-order valence-corrected chi connectivity index (χ1v) is 7.82. The largest absolute Gasteiger partial charge is 0.573 e. The molecule has 2 heterocycles. The van der Waals surface area contributed by atoms with Crippen molar-refractivity contribution in [2.45, 2.75) is 13.0 Å². The third kappa shape index (κ3) is 3.61. The van der Waals surface area contributed by atoms with Gasteiger partial charge in [-0.15, -0.1) is 13.2 Å². The van der Waals surface area contributed by atoms with Gasteiger partial charge in [-0.2, -0.15) is 0 Å². The Balaban J connectivity index is 2.05. The second-order valence-electron chi connectivity index (χ2n) is 4.88. The van der Waals surface area contributed by atoms with E-state index < -0.39 is 6.36 Å². The Kier molecular flexibility index (Phi) is 4.63. The van der Waals surface area contributed by atoms with Gasteiger partial charge in [-0.05, 0) is 46.4 Å². The van der Waals surface area contributed by atoms with Crippen LogP contribution in [0.15, 0.2) is 36.8 Å². The summed E-state index contributed by atoms with van der Waals surface area (Å²) in [4.78, 5) is 8.52. The van der Waals surface area contributed by atoms with Crippen LogP contribution in [0.3, 0.4) is 0 Å². The van der Waals surface area contributed by atoms with E-state index in [0.29, 0.717) is 22.5 Å². The van der Waals surface area contributed by atoms with Crippen molar-refractivity contribution in [1.82, 2.24) is 14.4 Å². The number of aromatic nitrogens is 3. The zero-order chi connectivity index (χ0) is 17.3. The van der Waals surface area contributed by atoms with Crippen molar-refractivity contribution in [1.29, 1.82) is 0 Å². The first kappa shape index (κ1) is 17.0. The topological polar surface area (TPSA) is 48.7 Å². The van der Waals surface area contributed by atoms with E-state index in [2.05, 4.69) is 37.3 Å². The summed E-state index contributed by atoms with van der Waals surface area (Å²) in [6, 6.07) is 4.09. The predicted molar refractivity (Wildman–Crippen MR) is 88.5 cm³/mol. The molecule has 0 radical (unpaired) electrons. The summed E-state index contributed by atoms with van der Waals surface area (Å²) in [6.45, 7) is 0.130. The van der Waals surface area contributed by atoms with Gasteiger partial charge < -0.3 is 9.47 Å². The van der Waals surface area contributed by atoms with Crippen molar-refractivity contribution in [3.8, 4) is 17.0 Å². The summed E-state index contributed by atoms with van der Waals surface area (Å²) in [5, 5.41) is 0. The number of hydrogen-bond donors (Lipinski definition) is 0. The van der Waals surface area contributed by atoms with Gasteiger partial charge in [0.05, 0.1) is 24.7 Å². The highest BCUT2D eigenvalue weighted by molar-refractivity contribution is 14.1. The monoisotopic (exact) mass is 449 g/mol. The minimum Gasteiger partial charge on any atom is -0.406 e. The van der Waals surface area contributed by atoms with E-state index in [1.807, 2.05) is 4.40 Å². The molecule has 126 valence electrons. The molecule has 0 unspecified atom stereocenters. The number of methoxy groups -OCH3 is 1. The van der Waals surface area contributed by atoms with Crippen LogP contribution in [-0.4, -0.2) is 27.8 Å². The first-order chi connectivity index (χ1) is 11.4. The lowest BCUT2D eigenvalue weighted by Crippen LogP contribution is -2.17. The maximum absolute atomic E-state index is 12.4. The molecule has 0 aliphatic heterocycles. The molecule has 0 aliphatic carbocycles. The Hall–Kier alpha value is -1.88. The minimum atomic E-state index is -4.74. The summed E-state index contributed by atoms with van der Waals surface area (Å²) in [5.41, 5.74) is 2.50. The van der Waals surface area contributed by atoms with E-state index in [1.54, 1.807) is 18.6 Å². The van der Waals surface area contributed by atoms with E-state index in [1.165, 1.54) is 25.3 Å². The van der Waals surface area contributed by atoms with Crippen molar-refractivity contribution >= 4 is 28.2 Å². The van der Waals surface area contributed by atoms with Crippen molar-refractivity contribution in [3.05, 3.63) is 46.1 Å². The lowest BCUT2D eigenvalue weighted by atomic mass is 10.0. The predicted octanol–water partition coefficient (Wildman–Crippen LogP) is 4.05. The fourth-order valence-corrected chi connectivity index (χ4v) is 2.82. The molecule has 1 aromatic carbocycles. The van der Waals surface area contributed by atoms with Gasteiger partial charge in [0.15, 0.2) is 5.65 Å². The Morgan fingerprint density at radius 1 is 1.21 bits per heavy atom. The van der Waals surface area contributed by atoms with E-state index in [4.69, 9.17) is 4.74 Å². The highest BCUT2D eigenvalue weighted by Gasteiger charge is 2.31. The lowest BCUT2D eigenvalue weighted by molar-refractivity contribution is -0.274. The van der Waals surface area contributed by atoms with Crippen LogP contribution in [0, 0.1) is 3.70 Å². The van der Waals surface area contributed by atoms with Crippen LogP contribution in [0.5, 0.6) is 5.75 Å². The van der Waals surface area contributed by atoms with Gasteiger partial charge in [0, 0.05) is 18.9 Å². The molecule has 0 spiro atoms. The molecule has 9 heteroatoms. The fraction of sp³-hybridized carbons (Fsp3) is 0.200. The number of rotatable bonds is 4. The molecule has 0 atom stereocenters. The highest BCUT2D eigenvalue weighted by atomic mass is 127. The lowest BCUT2D eigenvalue weighted by Gasteiger charge is -2.13. The van der Waals surface area contributed by atoms with E-state index in [9.17, 15) is 13.2 Å². The quantitative estimate of drug-likeness (QED) is 0.565. The molecular formula is C15H11F3IN3O2. The maximum atomic E-state index is 12.4. The molecule has 5 nitrogen and oxygen atoms in total. The molecule has 0 fully saturated rings. The third-order valence-electron chi connectivity index (χ3n) is 3.24. The number of imidazole rings is 1. The Morgan fingerprint density at radius 3 is 2.71 bits per heavy atom. The molecule has 0 amide bonds. The fourth-order valence-electron chi connectivity index (χ4n) is 2.29. The molecule has 0 N–H and O–H groups in total. The smallest absolute Gasteiger partial charge is 0.406 e. The average Bonchev–Trinajstić information content (AvgIpc) is 2.87. The summed E-state index contributed by atoms with van der Waals surface area (Å²) >= 11 is 2.14. The Bertz CT molecular complexity index is 880.